The number of furan rings is 1. The smallest absolute Gasteiger partial charge is 0.335 e. The molecule has 1 aromatic heterocycles. The Morgan fingerprint density at radius 2 is 1.71 bits per heavy atom. The van der Waals surface area contributed by atoms with E-state index in [0.717, 1.165) is 30.5 Å². The van der Waals surface area contributed by atoms with Crippen molar-refractivity contribution in [3.63, 3.8) is 0 Å². The third kappa shape index (κ3) is 4.13. The number of rotatable bonds is 3. The molecule has 0 radical (unpaired) electrons. The number of aryl methyl sites for hydroxylation is 2. The van der Waals surface area contributed by atoms with Crippen LogP contribution >= 0.6 is 31.9 Å². The Bertz CT molecular complexity index is 1280. The summed E-state index contributed by atoms with van der Waals surface area (Å²) in [7, 11) is 0. The first-order valence-electron chi connectivity index (χ1n) is 9.28. The van der Waals surface area contributed by atoms with Crippen molar-refractivity contribution in [3.8, 4) is 11.3 Å². The van der Waals surface area contributed by atoms with E-state index in [2.05, 4.69) is 37.2 Å². The van der Waals surface area contributed by atoms with Crippen LogP contribution in [0.15, 0.2) is 67.5 Å². The summed E-state index contributed by atoms with van der Waals surface area (Å²) in [5, 5.41) is 2.21. The molecule has 1 saturated heterocycles. The van der Waals surface area contributed by atoms with Gasteiger partial charge in [-0.25, -0.2) is 9.69 Å². The monoisotopic (exact) mass is 542 g/mol. The summed E-state index contributed by atoms with van der Waals surface area (Å²) >= 11 is 6.92. The van der Waals surface area contributed by atoms with Gasteiger partial charge in [0, 0.05) is 14.5 Å². The molecule has 1 N–H and O–H groups in total. The zero-order valence-corrected chi connectivity index (χ0v) is 19.7. The predicted molar refractivity (Wildman–Crippen MR) is 124 cm³/mol. The molecule has 4 amide bonds. The summed E-state index contributed by atoms with van der Waals surface area (Å²) in [5.41, 5.74) is 2.97. The van der Waals surface area contributed by atoms with E-state index in [9.17, 15) is 14.4 Å². The van der Waals surface area contributed by atoms with Gasteiger partial charge in [0.05, 0.1) is 5.69 Å². The Kier molecular flexibility index (Phi) is 5.68. The first-order chi connectivity index (χ1) is 14.7. The number of nitrogens with zero attached hydrogens (tertiary/aromatic N) is 1. The highest BCUT2D eigenvalue weighted by Gasteiger charge is 2.37. The molecule has 0 saturated carbocycles. The quantitative estimate of drug-likeness (QED) is 0.336. The second kappa shape index (κ2) is 8.28. The Hall–Kier alpha value is -2.97. The van der Waals surface area contributed by atoms with E-state index >= 15 is 0 Å². The van der Waals surface area contributed by atoms with Crippen LogP contribution in [0.5, 0.6) is 0 Å². The fraction of sp³-hybridized carbons (Fsp3) is 0.0870. The molecule has 0 atom stereocenters. The maximum absolute atomic E-state index is 13.0. The number of barbiturate groups is 1. The van der Waals surface area contributed by atoms with Gasteiger partial charge in [-0.2, -0.15) is 0 Å². The van der Waals surface area contributed by atoms with Gasteiger partial charge in [-0.3, -0.25) is 14.9 Å². The lowest BCUT2D eigenvalue weighted by Crippen LogP contribution is -2.54. The number of anilines is 1. The topological polar surface area (TPSA) is 79.6 Å². The Balaban J connectivity index is 1.69. The molecule has 0 spiro atoms. The Morgan fingerprint density at radius 3 is 2.42 bits per heavy atom. The third-order valence-electron chi connectivity index (χ3n) is 4.80. The highest BCUT2D eigenvalue weighted by molar-refractivity contribution is 9.10. The lowest BCUT2D eigenvalue weighted by molar-refractivity contribution is -0.122. The minimum absolute atomic E-state index is 0.191. The maximum atomic E-state index is 13.0. The summed E-state index contributed by atoms with van der Waals surface area (Å²) < 4.78 is 7.56. The molecule has 0 aliphatic carbocycles. The Labute approximate surface area is 195 Å². The summed E-state index contributed by atoms with van der Waals surface area (Å²) in [5.74, 6) is -0.583. The molecule has 2 aromatic carbocycles. The molecule has 2 heterocycles. The molecule has 8 heteroatoms. The molecule has 31 heavy (non-hydrogen) atoms. The average molecular weight is 544 g/mol. The third-order valence-corrected chi connectivity index (χ3v) is 6.35. The van der Waals surface area contributed by atoms with E-state index in [0.29, 0.717) is 17.2 Å². The second-order valence-electron chi connectivity index (χ2n) is 7.08. The highest BCUT2D eigenvalue weighted by atomic mass is 79.9. The molecule has 0 bridgehead atoms. The van der Waals surface area contributed by atoms with E-state index in [1.807, 2.05) is 32.0 Å². The number of hydrogen-bond donors (Lipinski definition) is 1. The number of amides is 4. The Morgan fingerprint density at radius 1 is 0.935 bits per heavy atom. The molecule has 6 nitrogen and oxygen atoms in total. The number of hydrogen-bond acceptors (Lipinski definition) is 4. The number of imide groups is 2. The van der Waals surface area contributed by atoms with Crippen LogP contribution in [0.25, 0.3) is 17.4 Å². The van der Waals surface area contributed by atoms with Crippen LogP contribution < -0.4 is 10.2 Å². The van der Waals surface area contributed by atoms with Crippen LogP contribution in [-0.2, 0) is 9.59 Å². The van der Waals surface area contributed by atoms with Crippen molar-refractivity contribution in [3.05, 3.63) is 79.9 Å². The molecule has 0 unspecified atom stereocenters. The van der Waals surface area contributed by atoms with Crippen molar-refractivity contribution in [2.75, 3.05) is 4.90 Å². The summed E-state index contributed by atoms with van der Waals surface area (Å²) in [6.45, 7) is 3.83. The number of carbonyl (C=O) groups excluding carboxylic acids is 3. The van der Waals surface area contributed by atoms with Crippen LogP contribution in [0.1, 0.15) is 16.9 Å². The fourth-order valence-electron chi connectivity index (χ4n) is 3.20. The minimum atomic E-state index is -0.794. The zero-order valence-electron chi connectivity index (χ0n) is 16.5. The average Bonchev–Trinajstić information content (AvgIpc) is 3.16. The van der Waals surface area contributed by atoms with Crippen LogP contribution in [0.3, 0.4) is 0 Å². The molecule has 156 valence electrons. The zero-order chi connectivity index (χ0) is 22.3. The van der Waals surface area contributed by atoms with Gasteiger partial charge in [0.2, 0.25) is 0 Å². The number of nitrogens with one attached hydrogen (secondary N) is 1. The van der Waals surface area contributed by atoms with Gasteiger partial charge in [0.15, 0.2) is 0 Å². The van der Waals surface area contributed by atoms with Gasteiger partial charge in [0.25, 0.3) is 11.8 Å². The molecule has 1 fully saturated rings. The molecular formula is C23H16Br2N2O4. The largest absolute Gasteiger partial charge is 0.457 e. The van der Waals surface area contributed by atoms with Crippen molar-refractivity contribution in [2.24, 2.45) is 0 Å². The number of halogens is 2. The molecule has 1 aliphatic heterocycles. The van der Waals surface area contributed by atoms with Gasteiger partial charge < -0.3 is 4.42 Å². The lowest BCUT2D eigenvalue weighted by Gasteiger charge is -2.26. The molecule has 4 rings (SSSR count). The van der Waals surface area contributed by atoms with E-state index in [-0.39, 0.29) is 5.57 Å². The molecule has 3 aromatic rings. The van der Waals surface area contributed by atoms with Crippen LogP contribution in [0, 0.1) is 13.8 Å². The van der Waals surface area contributed by atoms with Gasteiger partial charge >= 0.3 is 6.03 Å². The van der Waals surface area contributed by atoms with Crippen LogP contribution in [-0.4, -0.2) is 17.8 Å². The van der Waals surface area contributed by atoms with Crippen molar-refractivity contribution in [2.45, 2.75) is 13.8 Å². The fourth-order valence-corrected chi connectivity index (χ4v) is 4.13. The minimum Gasteiger partial charge on any atom is -0.457 e. The van der Waals surface area contributed by atoms with Gasteiger partial charge in [-0.1, -0.05) is 37.9 Å². The first-order valence-corrected chi connectivity index (χ1v) is 10.9. The summed E-state index contributed by atoms with van der Waals surface area (Å²) in [6.07, 6.45) is 1.34. The van der Waals surface area contributed by atoms with E-state index in [4.69, 9.17) is 4.42 Å². The number of urea groups is 1. The standard InChI is InChI=1S/C23H16Br2N2O4/c1-12-3-6-16(19(25)9-12)20-8-5-15(31-20)11-17-21(28)26-23(30)27(22(17)29)14-4-7-18(24)13(2)10-14/h3-11H,1-2H3,(H,26,28,30)/b17-11-. The molecule has 1 aliphatic rings. The molecular weight excluding hydrogens is 528 g/mol. The van der Waals surface area contributed by atoms with E-state index in [1.54, 1.807) is 30.3 Å². The lowest BCUT2D eigenvalue weighted by atomic mass is 10.1. The normalized spacial score (nSPS) is 15.5. The summed E-state index contributed by atoms with van der Waals surface area (Å²) in [4.78, 5) is 38.7. The maximum Gasteiger partial charge on any atom is 0.335 e. The van der Waals surface area contributed by atoms with Crippen molar-refractivity contribution >= 4 is 61.5 Å². The SMILES string of the molecule is Cc1ccc(-c2ccc(/C=C3/C(=O)NC(=O)N(c4ccc(Br)c(C)c4)C3=O)o2)c(Br)c1. The van der Waals surface area contributed by atoms with Gasteiger partial charge in [0.1, 0.15) is 17.1 Å². The van der Waals surface area contributed by atoms with Crippen molar-refractivity contribution < 1.29 is 18.8 Å². The van der Waals surface area contributed by atoms with E-state index in [1.165, 1.54) is 6.08 Å². The van der Waals surface area contributed by atoms with Gasteiger partial charge in [-0.05, 0) is 73.5 Å². The highest BCUT2D eigenvalue weighted by Crippen LogP contribution is 2.32. The number of benzene rings is 2. The number of carbonyl (C=O) groups is 3. The van der Waals surface area contributed by atoms with Crippen molar-refractivity contribution in [1.29, 1.82) is 0 Å². The van der Waals surface area contributed by atoms with E-state index < -0.39 is 17.8 Å². The second-order valence-corrected chi connectivity index (χ2v) is 8.79. The van der Waals surface area contributed by atoms with Crippen LogP contribution in [0.4, 0.5) is 10.5 Å². The first kappa shape index (κ1) is 21.3. The van der Waals surface area contributed by atoms with Crippen LogP contribution in [0.2, 0.25) is 0 Å². The van der Waals surface area contributed by atoms with Gasteiger partial charge in [-0.15, -0.1) is 0 Å². The summed E-state index contributed by atoms with van der Waals surface area (Å²) in [6, 6.07) is 13.5. The predicted octanol–water partition coefficient (Wildman–Crippen LogP) is 5.75. The van der Waals surface area contributed by atoms with Crippen molar-refractivity contribution in [1.82, 2.24) is 5.32 Å².